The topological polar surface area (TPSA) is 71.8 Å². The van der Waals surface area contributed by atoms with Gasteiger partial charge in [0.15, 0.2) is 0 Å². The average molecular weight is 278 g/mol. The summed E-state index contributed by atoms with van der Waals surface area (Å²) < 4.78 is 0. The van der Waals surface area contributed by atoms with E-state index in [9.17, 15) is 4.79 Å². The van der Waals surface area contributed by atoms with Crippen LogP contribution < -0.4 is 11.3 Å². The van der Waals surface area contributed by atoms with Crippen molar-refractivity contribution in [2.24, 2.45) is 0 Å². The first-order chi connectivity index (χ1) is 8.97. The van der Waals surface area contributed by atoms with Crippen LogP contribution in [0, 0.1) is 0 Å². The molecular weight excluding hydrogens is 262 g/mol. The molecule has 0 fully saturated rings. The molecule has 1 aromatic carbocycles. The molecule has 2 rings (SSSR count). The van der Waals surface area contributed by atoms with E-state index in [2.05, 4.69) is 9.97 Å². The van der Waals surface area contributed by atoms with Gasteiger partial charge in [-0.15, -0.1) is 0 Å². The van der Waals surface area contributed by atoms with Gasteiger partial charge in [-0.05, 0) is 23.6 Å². The molecule has 0 bridgehead atoms. The smallest absolute Gasteiger partial charge is 0.256 e. The molecule has 0 atom stereocenters. The molecule has 0 aliphatic rings. The van der Waals surface area contributed by atoms with Gasteiger partial charge in [0, 0.05) is 11.4 Å². The van der Waals surface area contributed by atoms with Crippen molar-refractivity contribution in [3.63, 3.8) is 0 Å². The second-order valence-electron chi connectivity index (χ2n) is 4.77. The highest BCUT2D eigenvalue weighted by molar-refractivity contribution is 6.30. The van der Waals surface area contributed by atoms with Gasteiger partial charge in [-0.25, -0.2) is 4.98 Å². The number of nitrogens with zero attached hydrogens (tertiary/aromatic N) is 1. The second-order valence-corrected chi connectivity index (χ2v) is 5.21. The zero-order chi connectivity index (χ0) is 14.0. The number of halogens is 1. The third-order valence-corrected chi connectivity index (χ3v) is 3.15. The Balaban J connectivity index is 2.32. The molecule has 0 aliphatic carbocycles. The molecule has 0 radical (unpaired) electrons. The van der Waals surface area contributed by atoms with E-state index >= 15 is 0 Å². The Kier molecular flexibility index (Phi) is 3.90. The lowest BCUT2D eigenvalue weighted by molar-refractivity contribution is 0.818. The van der Waals surface area contributed by atoms with Gasteiger partial charge in [0.25, 0.3) is 5.56 Å². The highest BCUT2D eigenvalue weighted by atomic mass is 35.5. The predicted octanol–water partition coefficient (Wildman–Crippen LogP) is 2.72. The van der Waals surface area contributed by atoms with Crippen LogP contribution in [0.3, 0.4) is 0 Å². The van der Waals surface area contributed by atoms with Crippen LogP contribution in [0.1, 0.15) is 36.7 Å². The van der Waals surface area contributed by atoms with Gasteiger partial charge < -0.3 is 10.7 Å². The molecule has 0 spiro atoms. The number of hydrogen-bond acceptors (Lipinski definition) is 3. The Morgan fingerprint density at radius 2 is 1.95 bits per heavy atom. The van der Waals surface area contributed by atoms with E-state index in [0.29, 0.717) is 28.6 Å². The van der Waals surface area contributed by atoms with Crippen LogP contribution in [0.5, 0.6) is 0 Å². The largest absolute Gasteiger partial charge is 0.383 e. The molecular formula is C14H16ClN3O. The van der Waals surface area contributed by atoms with Gasteiger partial charge in [0.2, 0.25) is 0 Å². The van der Waals surface area contributed by atoms with Crippen LogP contribution in [0.4, 0.5) is 5.82 Å². The standard InChI is InChI=1S/C14H16ClN3O/c1-8(2)12-13(16)17-11(18-14(12)19)7-9-3-5-10(15)6-4-9/h3-6,8H,7H2,1-2H3,(H3,16,17,18,19). The quantitative estimate of drug-likeness (QED) is 0.906. The summed E-state index contributed by atoms with van der Waals surface area (Å²) in [7, 11) is 0. The summed E-state index contributed by atoms with van der Waals surface area (Å²) in [6, 6.07) is 7.41. The van der Waals surface area contributed by atoms with Gasteiger partial charge in [-0.3, -0.25) is 4.79 Å². The number of aromatic amines is 1. The first kappa shape index (κ1) is 13.6. The molecule has 0 amide bonds. The zero-order valence-corrected chi connectivity index (χ0v) is 11.7. The Morgan fingerprint density at radius 3 is 2.47 bits per heavy atom. The van der Waals surface area contributed by atoms with Gasteiger partial charge in [-0.1, -0.05) is 37.6 Å². The summed E-state index contributed by atoms with van der Waals surface area (Å²) in [5.74, 6) is 0.928. The van der Waals surface area contributed by atoms with E-state index in [4.69, 9.17) is 17.3 Å². The van der Waals surface area contributed by atoms with Gasteiger partial charge in [0.1, 0.15) is 11.6 Å². The number of hydrogen-bond donors (Lipinski definition) is 2. The number of nitrogen functional groups attached to an aromatic ring is 1. The number of rotatable bonds is 3. The Labute approximate surface area is 116 Å². The average Bonchev–Trinajstić information content (AvgIpc) is 2.30. The zero-order valence-electron chi connectivity index (χ0n) is 10.9. The Bertz CT molecular complexity index is 632. The third-order valence-electron chi connectivity index (χ3n) is 2.90. The third kappa shape index (κ3) is 3.15. The Morgan fingerprint density at radius 1 is 1.32 bits per heavy atom. The van der Waals surface area contributed by atoms with Crippen LogP contribution in [0.25, 0.3) is 0 Å². The van der Waals surface area contributed by atoms with E-state index < -0.39 is 0 Å². The fourth-order valence-corrected chi connectivity index (χ4v) is 2.11. The van der Waals surface area contributed by atoms with E-state index in [0.717, 1.165) is 5.56 Å². The molecule has 3 N–H and O–H groups in total. The maximum atomic E-state index is 11.9. The molecule has 0 unspecified atom stereocenters. The lowest BCUT2D eigenvalue weighted by Crippen LogP contribution is -2.20. The minimum Gasteiger partial charge on any atom is -0.383 e. The molecule has 19 heavy (non-hydrogen) atoms. The van der Waals surface area contributed by atoms with Crippen LogP contribution in [-0.4, -0.2) is 9.97 Å². The first-order valence-electron chi connectivity index (χ1n) is 6.10. The van der Waals surface area contributed by atoms with E-state index in [1.807, 2.05) is 26.0 Å². The normalized spacial score (nSPS) is 10.9. The number of H-pyrrole nitrogens is 1. The maximum Gasteiger partial charge on any atom is 0.256 e. The number of benzene rings is 1. The van der Waals surface area contributed by atoms with E-state index in [1.54, 1.807) is 12.1 Å². The van der Waals surface area contributed by atoms with E-state index in [-0.39, 0.29) is 11.5 Å². The molecule has 5 heteroatoms. The molecule has 0 aliphatic heterocycles. The fraction of sp³-hybridized carbons (Fsp3) is 0.286. The predicted molar refractivity (Wildman–Crippen MR) is 77.6 cm³/mol. The van der Waals surface area contributed by atoms with Crippen molar-refractivity contribution in [2.75, 3.05) is 5.73 Å². The van der Waals surface area contributed by atoms with Crippen molar-refractivity contribution in [1.29, 1.82) is 0 Å². The van der Waals surface area contributed by atoms with E-state index in [1.165, 1.54) is 0 Å². The van der Waals surface area contributed by atoms with Crippen molar-refractivity contribution in [3.05, 3.63) is 56.6 Å². The van der Waals surface area contributed by atoms with Crippen LogP contribution >= 0.6 is 11.6 Å². The minimum absolute atomic E-state index is 0.0563. The summed E-state index contributed by atoms with van der Waals surface area (Å²) in [5, 5.41) is 0.680. The lowest BCUT2D eigenvalue weighted by Gasteiger charge is -2.09. The van der Waals surface area contributed by atoms with Gasteiger partial charge in [-0.2, -0.15) is 0 Å². The molecule has 4 nitrogen and oxygen atoms in total. The van der Waals surface area contributed by atoms with Crippen molar-refractivity contribution >= 4 is 17.4 Å². The summed E-state index contributed by atoms with van der Waals surface area (Å²) in [6.07, 6.45) is 0.523. The molecule has 100 valence electrons. The molecule has 0 saturated heterocycles. The molecule has 1 heterocycles. The second kappa shape index (κ2) is 5.45. The van der Waals surface area contributed by atoms with Crippen LogP contribution in [-0.2, 0) is 6.42 Å². The number of aromatic nitrogens is 2. The summed E-state index contributed by atoms with van der Waals surface area (Å²) in [5.41, 5.74) is 7.25. The number of anilines is 1. The minimum atomic E-state index is -0.161. The van der Waals surface area contributed by atoms with Crippen molar-refractivity contribution in [3.8, 4) is 0 Å². The summed E-state index contributed by atoms with van der Waals surface area (Å²) in [4.78, 5) is 19.0. The lowest BCUT2D eigenvalue weighted by atomic mass is 10.1. The molecule has 0 saturated carbocycles. The van der Waals surface area contributed by atoms with Gasteiger partial charge >= 0.3 is 0 Å². The van der Waals surface area contributed by atoms with Crippen molar-refractivity contribution in [2.45, 2.75) is 26.2 Å². The monoisotopic (exact) mass is 277 g/mol. The first-order valence-corrected chi connectivity index (χ1v) is 6.48. The maximum absolute atomic E-state index is 11.9. The van der Waals surface area contributed by atoms with Crippen molar-refractivity contribution in [1.82, 2.24) is 9.97 Å². The number of nitrogens with one attached hydrogen (secondary N) is 1. The van der Waals surface area contributed by atoms with Crippen LogP contribution in [0.15, 0.2) is 29.1 Å². The SMILES string of the molecule is CC(C)c1c(N)nc(Cc2ccc(Cl)cc2)[nH]c1=O. The summed E-state index contributed by atoms with van der Waals surface area (Å²) in [6.45, 7) is 3.84. The number of nitrogens with two attached hydrogens (primary N) is 1. The van der Waals surface area contributed by atoms with Gasteiger partial charge in [0.05, 0.1) is 5.56 Å². The molecule has 1 aromatic heterocycles. The van der Waals surface area contributed by atoms with Crippen molar-refractivity contribution < 1.29 is 0 Å². The highest BCUT2D eigenvalue weighted by Crippen LogP contribution is 2.16. The molecule has 2 aromatic rings. The summed E-state index contributed by atoms with van der Waals surface area (Å²) >= 11 is 5.83. The Hall–Kier alpha value is -1.81. The fourth-order valence-electron chi connectivity index (χ4n) is 1.99. The highest BCUT2D eigenvalue weighted by Gasteiger charge is 2.12. The van der Waals surface area contributed by atoms with Crippen LogP contribution in [0.2, 0.25) is 5.02 Å².